The van der Waals surface area contributed by atoms with Crippen molar-refractivity contribution in [1.29, 1.82) is 0 Å². The van der Waals surface area contributed by atoms with E-state index in [4.69, 9.17) is 9.47 Å². The second-order valence-electron chi connectivity index (χ2n) is 4.85. The molecule has 0 heterocycles. The zero-order chi connectivity index (χ0) is 15.2. The molecule has 0 saturated carbocycles. The highest BCUT2D eigenvalue weighted by atomic mass is 79.9. The highest BCUT2D eigenvalue weighted by Crippen LogP contribution is 2.25. The molecule has 0 aliphatic rings. The maximum atomic E-state index is 5.29. The molecule has 0 aromatic heterocycles. The van der Waals surface area contributed by atoms with Crippen molar-refractivity contribution in [1.82, 2.24) is 5.32 Å². The van der Waals surface area contributed by atoms with E-state index in [1.807, 2.05) is 30.3 Å². The summed E-state index contributed by atoms with van der Waals surface area (Å²) in [7, 11) is 3.32. The number of hydrogen-bond donors (Lipinski definition) is 1. The van der Waals surface area contributed by atoms with Gasteiger partial charge in [-0.3, -0.25) is 0 Å². The highest BCUT2D eigenvalue weighted by Gasteiger charge is 2.09. The van der Waals surface area contributed by atoms with Crippen molar-refractivity contribution in [3.8, 4) is 11.5 Å². The third-order valence-electron chi connectivity index (χ3n) is 3.40. The first-order valence-electron chi connectivity index (χ1n) is 6.83. The van der Waals surface area contributed by atoms with Gasteiger partial charge in [0.25, 0.3) is 0 Å². The summed E-state index contributed by atoms with van der Waals surface area (Å²) in [6.07, 6.45) is 0. The number of nitrogens with one attached hydrogen (secondary N) is 1. The quantitative estimate of drug-likeness (QED) is 0.842. The Balaban J connectivity index is 2.07. The van der Waals surface area contributed by atoms with E-state index in [9.17, 15) is 0 Å². The number of halogens is 1. The maximum Gasteiger partial charge on any atom is 0.122 e. The molecule has 3 nitrogen and oxygen atoms in total. The highest BCUT2D eigenvalue weighted by molar-refractivity contribution is 9.10. The second kappa shape index (κ2) is 7.48. The number of rotatable bonds is 6. The molecule has 112 valence electrons. The van der Waals surface area contributed by atoms with Crippen LogP contribution in [0, 0.1) is 0 Å². The van der Waals surface area contributed by atoms with E-state index in [0.717, 1.165) is 28.1 Å². The van der Waals surface area contributed by atoms with Crippen LogP contribution in [0.1, 0.15) is 24.1 Å². The van der Waals surface area contributed by atoms with Crippen LogP contribution in [0.3, 0.4) is 0 Å². The average Bonchev–Trinajstić information content (AvgIpc) is 2.52. The Morgan fingerprint density at radius 3 is 2.24 bits per heavy atom. The Morgan fingerprint density at radius 1 is 1.05 bits per heavy atom. The summed E-state index contributed by atoms with van der Waals surface area (Å²) in [6.45, 7) is 2.90. The summed E-state index contributed by atoms with van der Waals surface area (Å²) in [6, 6.07) is 14.4. The molecule has 0 aliphatic heterocycles. The molecular weight excluding hydrogens is 330 g/mol. The SMILES string of the molecule is COc1cc(CN[C@@H](C)c2ccccc2Br)cc(OC)c1. The van der Waals surface area contributed by atoms with Crippen LogP contribution in [0.25, 0.3) is 0 Å². The van der Waals surface area contributed by atoms with Crippen LogP contribution in [0.2, 0.25) is 0 Å². The first-order valence-corrected chi connectivity index (χ1v) is 7.63. The summed E-state index contributed by atoms with van der Waals surface area (Å²) < 4.78 is 11.7. The molecule has 0 aliphatic carbocycles. The van der Waals surface area contributed by atoms with Crippen molar-refractivity contribution in [2.45, 2.75) is 19.5 Å². The molecular formula is C17H20BrNO2. The number of hydrogen-bond acceptors (Lipinski definition) is 3. The Morgan fingerprint density at radius 2 is 1.67 bits per heavy atom. The van der Waals surface area contributed by atoms with E-state index < -0.39 is 0 Å². The van der Waals surface area contributed by atoms with Gasteiger partial charge in [0.15, 0.2) is 0 Å². The topological polar surface area (TPSA) is 30.5 Å². The number of methoxy groups -OCH3 is 2. The second-order valence-corrected chi connectivity index (χ2v) is 5.70. The minimum absolute atomic E-state index is 0.248. The molecule has 0 saturated heterocycles. The minimum atomic E-state index is 0.248. The smallest absolute Gasteiger partial charge is 0.122 e. The standard InChI is InChI=1S/C17H20BrNO2/c1-12(16-6-4-5-7-17(16)18)19-11-13-8-14(20-2)10-15(9-13)21-3/h4-10,12,19H,11H2,1-3H3/t12-/m0/s1. The summed E-state index contributed by atoms with van der Waals surface area (Å²) in [4.78, 5) is 0. The summed E-state index contributed by atoms with van der Waals surface area (Å²) >= 11 is 3.59. The molecule has 2 aromatic carbocycles. The lowest BCUT2D eigenvalue weighted by Crippen LogP contribution is -2.18. The molecule has 0 amide bonds. The molecule has 1 atom stereocenters. The average molecular weight is 350 g/mol. The third kappa shape index (κ3) is 4.22. The Hall–Kier alpha value is -1.52. The molecule has 0 bridgehead atoms. The number of ether oxygens (including phenoxy) is 2. The van der Waals surface area contributed by atoms with Gasteiger partial charge in [-0.2, -0.15) is 0 Å². The minimum Gasteiger partial charge on any atom is -0.497 e. The van der Waals surface area contributed by atoms with Crippen molar-refractivity contribution in [3.05, 3.63) is 58.1 Å². The van der Waals surface area contributed by atoms with Crippen molar-refractivity contribution in [2.75, 3.05) is 14.2 Å². The summed E-state index contributed by atoms with van der Waals surface area (Å²) in [5.41, 5.74) is 2.37. The van der Waals surface area contributed by atoms with Crippen LogP contribution in [0.4, 0.5) is 0 Å². The fraction of sp³-hybridized carbons (Fsp3) is 0.294. The Labute approximate surface area is 134 Å². The first-order chi connectivity index (χ1) is 10.1. The van der Waals surface area contributed by atoms with E-state index in [-0.39, 0.29) is 6.04 Å². The van der Waals surface area contributed by atoms with E-state index in [0.29, 0.717) is 0 Å². The van der Waals surface area contributed by atoms with E-state index in [1.165, 1.54) is 5.56 Å². The lowest BCUT2D eigenvalue weighted by molar-refractivity contribution is 0.392. The zero-order valence-electron chi connectivity index (χ0n) is 12.5. The van der Waals surface area contributed by atoms with Crippen molar-refractivity contribution < 1.29 is 9.47 Å². The fourth-order valence-corrected chi connectivity index (χ4v) is 2.80. The van der Waals surface area contributed by atoms with Crippen LogP contribution in [-0.2, 0) is 6.54 Å². The van der Waals surface area contributed by atoms with Crippen LogP contribution in [-0.4, -0.2) is 14.2 Å². The van der Waals surface area contributed by atoms with Gasteiger partial charge in [-0.15, -0.1) is 0 Å². The normalized spacial score (nSPS) is 12.0. The molecule has 0 fully saturated rings. The van der Waals surface area contributed by atoms with Gasteiger partial charge in [0.2, 0.25) is 0 Å². The lowest BCUT2D eigenvalue weighted by atomic mass is 10.1. The molecule has 0 unspecified atom stereocenters. The van der Waals surface area contributed by atoms with Gasteiger partial charge in [0.05, 0.1) is 14.2 Å². The Kier molecular flexibility index (Phi) is 5.65. The number of benzene rings is 2. The van der Waals surface area contributed by atoms with Gasteiger partial charge in [0.1, 0.15) is 11.5 Å². The monoisotopic (exact) mass is 349 g/mol. The van der Waals surface area contributed by atoms with Gasteiger partial charge in [-0.25, -0.2) is 0 Å². The van der Waals surface area contributed by atoms with Crippen LogP contribution < -0.4 is 14.8 Å². The van der Waals surface area contributed by atoms with Crippen molar-refractivity contribution in [2.24, 2.45) is 0 Å². The van der Waals surface area contributed by atoms with E-state index in [2.05, 4.69) is 40.3 Å². The first kappa shape index (κ1) is 15.9. The van der Waals surface area contributed by atoms with E-state index >= 15 is 0 Å². The van der Waals surface area contributed by atoms with Gasteiger partial charge in [-0.05, 0) is 36.2 Å². The van der Waals surface area contributed by atoms with Crippen LogP contribution >= 0.6 is 15.9 Å². The third-order valence-corrected chi connectivity index (χ3v) is 4.12. The van der Waals surface area contributed by atoms with E-state index in [1.54, 1.807) is 14.2 Å². The Bertz CT molecular complexity index is 579. The predicted molar refractivity (Wildman–Crippen MR) is 88.9 cm³/mol. The van der Waals surface area contributed by atoms with Gasteiger partial charge >= 0.3 is 0 Å². The molecule has 0 radical (unpaired) electrons. The molecule has 0 spiro atoms. The fourth-order valence-electron chi connectivity index (χ4n) is 2.18. The molecule has 21 heavy (non-hydrogen) atoms. The van der Waals surface area contributed by atoms with Crippen LogP contribution in [0.5, 0.6) is 11.5 Å². The van der Waals surface area contributed by atoms with Crippen LogP contribution in [0.15, 0.2) is 46.9 Å². The van der Waals surface area contributed by atoms with Gasteiger partial charge in [0, 0.05) is 23.1 Å². The molecule has 1 N–H and O–H groups in total. The molecule has 2 rings (SSSR count). The van der Waals surface area contributed by atoms with Crippen molar-refractivity contribution in [3.63, 3.8) is 0 Å². The maximum absolute atomic E-state index is 5.29. The summed E-state index contributed by atoms with van der Waals surface area (Å²) in [5.74, 6) is 1.61. The largest absolute Gasteiger partial charge is 0.497 e. The van der Waals surface area contributed by atoms with Crippen molar-refractivity contribution >= 4 is 15.9 Å². The summed E-state index contributed by atoms with van der Waals surface area (Å²) in [5, 5.41) is 3.52. The van der Waals surface area contributed by atoms with Gasteiger partial charge in [-0.1, -0.05) is 34.1 Å². The van der Waals surface area contributed by atoms with Gasteiger partial charge < -0.3 is 14.8 Å². The molecule has 2 aromatic rings. The zero-order valence-corrected chi connectivity index (χ0v) is 14.1. The predicted octanol–water partition coefficient (Wildman–Crippen LogP) is 4.32. The lowest BCUT2D eigenvalue weighted by Gasteiger charge is -2.16. The molecule has 4 heteroatoms.